The molecule has 22 heavy (non-hydrogen) atoms. The Morgan fingerprint density at radius 1 is 1.32 bits per heavy atom. The predicted molar refractivity (Wildman–Crippen MR) is 82.4 cm³/mol. The molecule has 1 aromatic heterocycles. The molecule has 4 rings (SSSR count). The summed E-state index contributed by atoms with van der Waals surface area (Å²) in [6, 6.07) is 11.3. The van der Waals surface area contributed by atoms with E-state index in [1.807, 2.05) is 24.3 Å². The van der Waals surface area contributed by atoms with E-state index in [0.717, 1.165) is 10.5 Å². The van der Waals surface area contributed by atoms with Gasteiger partial charge in [0.1, 0.15) is 5.75 Å². The fourth-order valence-corrected chi connectivity index (χ4v) is 4.71. The van der Waals surface area contributed by atoms with Crippen LogP contribution >= 0.6 is 0 Å². The zero-order valence-corrected chi connectivity index (χ0v) is 12.6. The van der Waals surface area contributed by atoms with Gasteiger partial charge >= 0.3 is 0 Å². The summed E-state index contributed by atoms with van der Waals surface area (Å²) in [5, 5.41) is 1.63. The number of nitrogens with zero attached hydrogens (tertiary/aromatic N) is 2. The maximum atomic E-state index is 12.5. The van der Waals surface area contributed by atoms with Crippen LogP contribution in [-0.2, 0) is 11.2 Å². The smallest absolute Gasteiger partial charge is 0.269 e. The molecule has 0 bridgehead atoms. The highest BCUT2D eigenvalue weighted by molar-refractivity contribution is 7.91. The molecule has 6 heteroatoms. The lowest BCUT2D eigenvalue weighted by molar-refractivity contribution is 0.0711. The summed E-state index contributed by atoms with van der Waals surface area (Å²) in [5.74, 6) is 0.674. The Hall–Kier alpha value is -1.89. The van der Waals surface area contributed by atoms with E-state index in [-0.39, 0.29) is 17.9 Å². The van der Waals surface area contributed by atoms with Gasteiger partial charge in [-0.3, -0.25) is 14.8 Å². The number of hydrogen-bond acceptors (Lipinski definition) is 4. The number of fused-ring (bicyclic) bond motifs is 3. The fraction of sp³-hybridized carbons (Fsp3) is 0.250. The third kappa shape index (κ3) is 2.20. The SMILES string of the molecule is O=C(c1cccnc1)N1CC2C[S+]([O-])c3ccccc3C2N1. The normalized spacial score (nSPS) is 26.4. The Kier molecular flexibility index (Phi) is 3.37. The number of pyridine rings is 1. The molecule has 0 radical (unpaired) electrons. The van der Waals surface area contributed by atoms with Gasteiger partial charge in [-0.05, 0) is 29.4 Å². The number of nitrogens with one attached hydrogen (secondary N) is 1. The Morgan fingerprint density at radius 2 is 2.18 bits per heavy atom. The van der Waals surface area contributed by atoms with Crippen LogP contribution in [0.15, 0.2) is 53.7 Å². The molecule has 3 heterocycles. The van der Waals surface area contributed by atoms with Crippen molar-refractivity contribution in [1.29, 1.82) is 0 Å². The van der Waals surface area contributed by atoms with Crippen molar-refractivity contribution >= 4 is 17.1 Å². The fourth-order valence-electron chi connectivity index (χ4n) is 3.15. The summed E-state index contributed by atoms with van der Waals surface area (Å²) in [6.45, 7) is 0.568. The van der Waals surface area contributed by atoms with Crippen LogP contribution in [0.5, 0.6) is 0 Å². The highest BCUT2D eigenvalue weighted by atomic mass is 32.2. The summed E-state index contributed by atoms with van der Waals surface area (Å²) in [6.07, 6.45) is 3.21. The summed E-state index contributed by atoms with van der Waals surface area (Å²) in [5.41, 5.74) is 4.89. The first-order valence-corrected chi connectivity index (χ1v) is 8.51. The van der Waals surface area contributed by atoms with Crippen LogP contribution in [0.3, 0.4) is 0 Å². The summed E-state index contributed by atoms with van der Waals surface area (Å²) in [7, 11) is 0. The molecule has 3 unspecified atom stereocenters. The largest absolute Gasteiger partial charge is 0.611 e. The zero-order valence-electron chi connectivity index (χ0n) is 11.8. The Bertz CT molecular complexity index is 710. The van der Waals surface area contributed by atoms with E-state index in [4.69, 9.17) is 0 Å². The van der Waals surface area contributed by atoms with E-state index in [9.17, 15) is 9.35 Å². The number of carbonyl (C=O) groups is 1. The van der Waals surface area contributed by atoms with Gasteiger partial charge in [-0.1, -0.05) is 18.2 Å². The van der Waals surface area contributed by atoms with Crippen LogP contribution < -0.4 is 5.43 Å². The van der Waals surface area contributed by atoms with Crippen LogP contribution in [-0.4, -0.2) is 32.8 Å². The van der Waals surface area contributed by atoms with Gasteiger partial charge in [0.05, 0.1) is 11.6 Å². The summed E-state index contributed by atoms with van der Waals surface area (Å²) in [4.78, 5) is 17.4. The molecule has 3 atom stereocenters. The molecule has 2 aliphatic heterocycles. The first-order chi connectivity index (χ1) is 10.7. The minimum Gasteiger partial charge on any atom is -0.611 e. The molecule has 112 valence electrons. The molecule has 1 amide bonds. The maximum absolute atomic E-state index is 12.5. The number of aromatic nitrogens is 1. The Labute approximate surface area is 131 Å². The van der Waals surface area contributed by atoms with Crippen LogP contribution in [0.25, 0.3) is 0 Å². The second-order valence-corrected chi connectivity index (χ2v) is 7.04. The lowest BCUT2D eigenvalue weighted by Crippen LogP contribution is -2.38. The van der Waals surface area contributed by atoms with Gasteiger partial charge in [-0.25, -0.2) is 5.43 Å². The van der Waals surface area contributed by atoms with Crippen LogP contribution in [0, 0.1) is 5.92 Å². The molecular weight excluding hydrogens is 298 g/mol. The molecule has 0 saturated carbocycles. The quantitative estimate of drug-likeness (QED) is 0.811. The van der Waals surface area contributed by atoms with Gasteiger partial charge in [-0.2, -0.15) is 0 Å². The number of carbonyl (C=O) groups excluding carboxylic acids is 1. The van der Waals surface area contributed by atoms with Gasteiger partial charge in [0.2, 0.25) is 0 Å². The molecule has 2 aliphatic rings. The molecule has 1 saturated heterocycles. The maximum Gasteiger partial charge on any atom is 0.269 e. The number of benzene rings is 1. The van der Waals surface area contributed by atoms with Crippen molar-refractivity contribution < 1.29 is 9.35 Å². The predicted octanol–water partition coefficient (Wildman–Crippen LogP) is 1.52. The standard InChI is InChI=1S/C16H15N3O2S/c20-16(11-4-3-7-17-8-11)19-9-12-10-22(21)14-6-2-1-5-13(14)15(12)18-19/h1-8,12,15,18H,9-10H2. The average molecular weight is 313 g/mol. The average Bonchev–Trinajstić information content (AvgIpc) is 2.99. The van der Waals surface area contributed by atoms with E-state index < -0.39 is 11.2 Å². The monoisotopic (exact) mass is 313 g/mol. The number of hydrogen-bond donors (Lipinski definition) is 1. The molecule has 0 aliphatic carbocycles. The van der Waals surface area contributed by atoms with E-state index in [2.05, 4.69) is 10.4 Å². The summed E-state index contributed by atoms with van der Waals surface area (Å²) < 4.78 is 12.3. The molecule has 0 spiro atoms. The van der Waals surface area contributed by atoms with Crippen LogP contribution in [0.2, 0.25) is 0 Å². The van der Waals surface area contributed by atoms with Crippen molar-refractivity contribution in [2.75, 3.05) is 12.3 Å². The lowest BCUT2D eigenvalue weighted by Gasteiger charge is -2.27. The van der Waals surface area contributed by atoms with Crippen molar-refractivity contribution in [3.8, 4) is 0 Å². The lowest BCUT2D eigenvalue weighted by atomic mass is 9.96. The third-order valence-corrected chi connectivity index (χ3v) is 5.80. The van der Waals surface area contributed by atoms with Crippen molar-refractivity contribution in [3.63, 3.8) is 0 Å². The minimum absolute atomic E-state index is 0.0505. The topological polar surface area (TPSA) is 68.3 Å². The molecule has 5 nitrogen and oxygen atoms in total. The second kappa shape index (κ2) is 5.39. The van der Waals surface area contributed by atoms with Crippen molar-refractivity contribution in [2.45, 2.75) is 10.9 Å². The number of hydrazine groups is 1. The van der Waals surface area contributed by atoms with Crippen molar-refractivity contribution in [1.82, 2.24) is 15.4 Å². The summed E-state index contributed by atoms with van der Waals surface area (Å²) >= 11 is -0.989. The first-order valence-electron chi connectivity index (χ1n) is 7.19. The van der Waals surface area contributed by atoms with Gasteiger partial charge in [0.15, 0.2) is 4.90 Å². The van der Waals surface area contributed by atoms with E-state index in [1.165, 1.54) is 0 Å². The minimum atomic E-state index is -0.989. The van der Waals surface area contributed by atoms with Crippen LogP contribution in [0.4, 0.5) is 0 Å². The van der Waals surface area contributed by atoms with Gasteiger partial charge in [0.25, 0.3) is 5.91 Å². The number of amides is 1. The Morgan fingerprint density at radius 3 is 3.00 bits per heavy atom. The molecule has 1 N–H and O–H groups in total. The van der Waals surface area contributed by atoms with Crippen molar-refractivity contribution in [3.05, 3.63) is 59.9 Å². The molecule has 2 aromatic rings. The number of rotatable bonds is 1. The molecule has 1 fully saturated rings. The van der Waals surface area contributed by atoms with Gasteiger partial charge in [0, 0.05) is 30.4 Å². The van der Waals surface area contributed by atoms with E-state index in [1.54, 1.807) is 29.5 Å². The van der Waals surface area contributed by atoms with E-state index in [0.29, 0.717) is 17.9 Å². The second-order valence-electron chi connectivity index (χ2n) is 5.57. The zero-order chi connectivity index (χ0) is 15.1. The van der Waals surface area contributed by atoms with Crippen molar-refractivity contribution in [2.24, 2.45) is 5.92 Å². The van der Waals surface area contributed by atoms with Gasteiger partial charge in [-0.15, -0.1) is 0 Å². The van der Waals surface area contributed by atoms with Crippen LogP contribution in [0.1, 0.15) is 22.0 Å². The molecular formula is C16H15N3O2S. The first kappa shape index (κ1) is 13.8. The third-order valence-electron chi connectivity index (χ3n) is 4.20. The Balaban J connectivity index is 1.62. The highest BCUT2D eigenvalue weighted by Gasteiger charge is 2.44. The van der Waals surface area contributed by atoms with E-state index >= 15 is 0 Å². The van der Waals surface area contributed by atoms with Gasteiger partial charge < -0.3 is 4.55 Å². The molecule has 1 aromatic carbocycles. The highest BCUT2D eigenvalue weighted by Crippen LogP contribution is 2.39.